The van der Waals surface area contributed by atoms with Crippen molar-refractivity contribution in [3.05, 3.63) is 58.6 Å². The van der Waals surface area contributed by atoms with E-state index in [9.17, 15) is 13.2 Å². The number of carbonyl (C=O) groups excluding carboxylic acids is 1. The summed E-state index contributed by atoms with van der Waals surface area (Å²) in [6.07, 6.45) is 2.35. The van der Waals surface area contributed by atoms with E-state index in [0.29, 0.717) is 30.5 Å². The van der Waals surface area contributed by atoms with Crippen LogP contribution in [0.25, 0.3) is 0 Å². The highest BCUT2D eigenvalue weighted by Gasteiger charge is 2.47. The van der Waals surface area contributed by atoms with Gasteiger partial charge in [-0.3, -0.25) is 9.69 Å². The Morgan fingerprint density at radius 3 is 2.50 bits per heavy atom. The normalized spacial score (nSPS) is 23.8. The molecule has 0 aliphatic carbocycles. The second kappa shape index (κ2) is 11.3. The molecule has 2 aromatic rings. The smallest absolute Gasteiger partial charge is 0.243 e. The Balaban J connectivity index is 1.49. The van der Waals surface area contributed by atoms with Crippen LogP contribution in [0.1, 0.15) is 38.7 Å². The lowest BCUT2D eigenvalue weighted by atomic mass is 9.89. The lowest BCUT2D eigenvalue weighted by molar-refractivity contribution is -0.146. The van der Waals surface area contributed by atoms with E-state index in [-0.39, 0.29) is 18.5 Å². The molecular weight excluding hydrogens is 542 g/mol. The summed E-state index contributed by atoms with van der Waals surface area (Å²) in [5.41, 5.74) is 1.15. The monoisotopic (exact) mass is 577 g/mol. The Labute approximate surface area is 223 Å². The zero-order valence-electron chi connectivity index (χ0n) is 21.2. The predicted molar refractivity (Wildman–Crippen MR) is 145 cm³/mol. The molecule has 1 spiro atoms. The number of benzene rings is 2. The Kier molecular flexibility index (Phi) is 8.56. The van der Waals surface area contributed by atoms with Crippen molar-refractivity contribution in [1.82, 2.24) is 9.21 Å². The van der Waals surface area contributed by atoms with E-state index < -0.39 is 15.6 Å². The van der Waals surface area contributed by atoms with E-state index in [0.717, 1.165) is 41.5 Å². The molecule has 9 heteroatoms. The molecule has 2 atom stereocenters. The van der Waals surface area contributed by atoms with Gasteiger partial charge in [-0.15, -0.1) is 0 Å². The average Bonchev–Trinajstić information content (AvgIpc) is 2.82. The highest BCUT2D eigenvalue weighted by Crippen LogP contribution is 2.35. The van der Waals surface area contributed by atoms with E-state index in [2.05, 4.69) is 40.0 Å². The van der Waals surface area contributed by atoms with Gasteiger partial charge in [0.2, 0.25) is 15.9 Å². The Bertz CT molecular complexity index is 1150. The topological polar surface area (TPSA) is 79.0 Å². The number of halogens is 1. The largest absolute Gasteiger partial charge is 0.371 e. The maximum absolute atomic E-state index is 13.8. The van der Waals surface area contributed by atoms with Gasteiger partial charge in [0.15, 0.2) is 0 Å². The molecule has 0 unspecified atom stereocenters. The van der Waals surface area contributed by atoms with E-state index in [1.165, 1.54) is 0 Å². The summed E-state index contributed by atoms with van der Waals surface area (Å²) in [6.45, 7) is 8.36. The number of ether oxygens (including phenoxy) is 1. The number of carbonyl (C=O) groups is 1. The third-order valence-electron chi connectivity index (χ3n) is 6.92. The summed E-state index contributed by atoms with van der Waals surface area (Å²) in [7, 11) is -3.68. The minimum Gasteiger partial charge on any atom is -0.371 e. The van der Waals surface area contributed by atoms with Crippen LogP contribution in [0.4, 0.5) is 5.69 Å². The highest BCUT2D eigenvalue weighted by atomic mass is 79.9. The molecule has 196 valence electrons. The Morgan fingerprint density at radius 1 is 1.14 bits per heavy atom. The zero-order chi connectivity index (χ0) is 25.9. The fourth-order valence-electron chi connectivity index (χ4n) is 5.18. The van der Waals surface area contributed by atoms with E-state index in [4.69, 9.17) is 4.74 Å². The summed E-state index contributed by atoms with van der Waals surface area (Å²) in [5.74, 6) is 0.250. The molecule has 0 radical (unpaired) electrons. The Hall–Kier alpha value is -1.78. The maximum atomic E-state index is 13.8. The van der Waals surface area contributed by atoms with Crippen LogP contribution in [0.3, 0.4) is 0 Å². The molecule has 0 aromatic heterocycles. The number of anilines is 1. The Morgan fingerprint density at radius 2 is 1.83 bits per heavy atom. The molecule has 2 saturated heterocycles. The quantitative estimate of drug-likeness (QED) is 0.517. The molecule has 1 amide bonds. The van der Waals surface area contributed by atoms with E-state index in [1.54, 1.807) is 16.4 Å². The third-order valence-corrected chi connectivity index (χ3v) is 9.36. The van der Waals surface area contributed by atoms with Gasteiger partial charge in [0.05, 0.1) is 23.6 Å². The number of morpholine rings is 1. The van der Waals surface area contributed by atoms with Crippen LogP contribution >= 0.6 is 15.9 Å². The van der Waals surface area contributed by atoms with Gasteiger partial charge in [0.25, 0.3) is 0 Å². The standard InChI is InChI=1S/C27H36BrN3O4S/c1-20(2)15-24-17-35-27(19-31(24)36(33,34)25-11-5-21(3)6-12-25)13-4-14-30(18-27)16-26(32)29-23-9-7-22(28)8-10-23/h5-12,20,24H,4,13-19H2,1-3H3,(H,29,32)/t24-,27-/m0/s1. The first-order valence-electron chi connectivity index (χ1n) is 12.6. The van der Waals surface area contributed by atoms with Gasteiger partial charge < -0.3 is 10.1 Å². The van der Waals surface area contributed by atoms with E-state index >= 15 is 0 Å². The van der Waals surface area contributed by atoms with Crippen LogP contribution in [0.2, 0.25) is 0 Å². The van der Waals surface area contributed by atoms with Crippen LogP contribution in [-0.2, 0) is 19.6 Å². The second-order valence-electron chi connectivity index (χ2n) is 10.5. The molecule has 36 heavy (non-hydrogen) atoms. The van der Waals surface area contributed by atoms with Crippen molar-refractivity contribution in [3.63, 3.8) is 0 Å². The van der Waals surface area contributed by atoms with Crippen molar-refractivity contribution >= 4 is 37.5 Å². The van der Waals surface area contributed by atoms with Crippen LogP contribution in [0.15, 0.2) is 57.9 Å². The zero-order valence-corrected chi connectivity index (χ0v) is 23.6. The number of hydrogen-bond acceptors (Lipinski definition) is 5. The average molecular weight is 579 g/mol. The maximum Gasteiger partial charge on any atom is 0.243 e. The molecule has 7 nitrogen and oxygen atoms in total. The second-order valence-corrected chi connectivity index (χ2v) is 13.3. The molecule has 4 rings (SSSR count). The van der Waals surface area contributed by atoms with Crippen molar-refractivity contribution in [1.29, 1.82) is 0 Å². The lowest BCUT2D eigenvalue weighted by Gasteiger charge is -2.50. The highest BCUT2D eigenvalue weighted by molar-refractivity contribution is 9.10. The minimum absolute atomic E-state index is 0.0907. The summed E-state index contributed by atoms with van der Waals surface area (Å²) in [4.78, 5) is 15.1. The van der Waals surface area contributed by atoms with Gasteiger partial charge >= 0.3 is 0 Å². The van der Waals surface area contributed by atoms with Crippen molar-refractivity contribution in [2.24, 2.45) is 5.92 Å². The number of aryl methyl sites for hydroxylation is 1. The first-order valence-corrected chi connectivity index (χ1v) is 14.8. The minimum atomic E-state index is -3.68. The number of amides is 1. The number of piperidine rings is 1. The van der Waals surface area contributed by atoms with Gasteiger partial charge in [0.1, 0.15) is 0 Å². The molecule has 2 aromatic carbocycles. The van der Waals surface area contributed by atoms with Gasteiger partial charge in [-0.25, -0.2) is 8.42 Å². The lowest BCUT2D eigenvalue weighted by Crippen LogP contribution is -2.64. The van der Waals surface area contributed by atoms with Crippen molar-refractivity contribution in [2.45, 2.75) is 56.6 Å². The van der Waals surface area contributed by atoms with Gasteiger partial charge in [-0.05, 0) is 75.0 Å². The van der Waals surface area contributed by atoms with Crippen LogP contribution in [0.5, 0.6) is 0 Å². The number of nitrogens with zero attached hydrogens (tertiary/aromatic N) is 2. The summed E-state index contributed by atoms with van der Waals surface area (Å²) in [5, 5.41) is 2.95. The molecule has 0 bridgehead atoms. The number of rotatable bonds is 7. The molecular formula is C27H36BrN3O4S. The van der Waals surface area contributed by atoms with Gasteiger partial charge in [-0.2, -0.15) is 4.31 Å². The fraction of sp³-hybridized carbons (Fsp3) is 0.519. The SMILES string of the molecule is Cc1ccc(S(=O)(=O)N2C[C@@]3(CCCN(CC(=O)Nc4ccc(Br)cc4)C3)OC[C@@H]2CC(C)C)cc1. The number of hydrogen-bond donors (Lipinski definition) is 1. The summed E-state index contributed by atoms with van der Waals surface area (Å²) >= 11 is 3.40. The summed E-state index contributed by atoms with van der Waals surface area (Å²) in [6, 6.07) is 14.3. The number of likely N-dealkylation sites (tertiary alicyclic amines) is 1. The van der Waals surface area contributed by atoms with Crippen LogP contribution in [0, 0.1) is 12.8 Å². The third kappa shape index (κ3) is 6.55. The van der Waals surface area contributed by atoms with Crippen molar-refractivity contribution in [3.8, 4) is 0 Å². The van der Waals surface area contributed by atoms with Crippen LogP contribution in [-0.4, -0.2) is 68.0 Å². The van der Waals surface area contributed by atoms with Gasteiger partial charge in [-0.1, -0.05) is 47.5 Å². The number of sulfonamides is 1. The summed E-state index contributed by atoms with van der Waals surface area (Å²) < 4.78 is 36.7. The molecule has 2 fully saturated rings. The number of nitrogens with one attached hydrogen (secondary N) is 1. The molecule has 0 saturated carbocycles. The fourth-order valence-corrected chi connectivity index (χ4v) is 7.14. The first-order chi connectivity index (χ1) is 17.1. The van der Waals surface area contributed by atoms with Crippen molar-refractivity contribution in [2.75, 3.05) is 38.1 Å². The molecule has 2 aliphatic rings. The first kappa shape index (κ1) is 27.3. The van der Waals surface area contributed by atoms with E-state index in [1.807, 2.05) is 43.3 Å². The molecule has 2 aliphatic heterocycles. The van der Waals surface area contributed by atoms with Crippen molar-refractivity contribution < 1.29 is 17.9 Å². The molecule has 1 N–H and O–H groups in total. The predicted octanol–water partition coefficient (Wildman–Crippen LogP) is 4.67. The van der Waals surface area contributed by atoms with Gasteiger partial charge in [0, 0.05) is 29.3 Å². The van der Waals surface area contributed by atoms with Crippen LogP contribution < -0.4 is 5.32 Å². The molecule has 2 heterocycles.